The molecule has 19 heavy (non-hydrogen) atoms. The van der Waals surface area contributed by atoms with Gasteiger partial charge in [-0.2, -0.15) is 5.26 Å². The van der Waals surface area contributed by atoms with Gasteiger partial charge in [0.15, 0.2) is 6.19 Å². The Morgan fingerprint density at radius 2 is 1.26 bits per heavy atom. The summed E-state index contributed by atoms with van der Waals surface area (Å²) in [5.74, 6) is 0. The zero-order valence-corrected chi connectivity index (χ0v) is 11.9. The Hall–Kier alpha value is -1.75. The average molecular weight is 258 g/mol. The summed E-state index contributed by atoms with van der Waals surface area (Å²) in [4.78, 5) is 1.74. The lowest BCUT2D eigenvalue weighted by molar-refractivity contribution is 0.479. The third-order valence-corrected chi connectivity index (χ3v) is 2.68. The number of nitriles is 1. The Morgan fingerprint density at radius 3 is 1.63 bits per heavy atom. The number of unbranched alkanes of at least 4 members (excludes halogenated alkanes) is 4. The molecule has 0 amide bonds. The Labute approximate surface area is 118 Å². The second-order valence-corrected chi connectivity index (χ2v) is 4.39. The minimum Gasteiger partial charge on any atom is -0.303 e. The van der Waals surface area contributed by atoms with Crippen molar-refractivity contribution >= 4 is 0 Å². The number of hydrogen-bond donors (Lipinski definition) is 0. The molecular weight excluding hydrogens is 232 g/mol. The van der Waals surface area contributed by atoms with E-state index >= 15 is 0 Å². The zero-order valence-electron chi connectivity index (χ0n) is 11.9. The molecule has 0 saturated carbocycles. The number of hydrogen-bond acceptors (Lipinski definition) is 2. The molecule has 2 heteroatoms. The largest absolute Gasteiger partial charge is 0.303 e. The van der Waals surface area contributed by atoms with Gasteiger partial charge in [0.2, 0.25) is 0 Å². The van der Waals surface area contributed by atoms with Crippen molar-refractivity contribution in [2.75, 3.05) is 13.1 Å². The summed E-state index contributed by atoms with van der Waals surface area (Å²) in [6, 6.07) is 0. The second kappa shape index (κ2) is 14.3. The van der Waals surface area contributed by atoms with Crippen LogP contribution in [0.15, 0.2) is 49.6 Å². The zero-order chi connectivity index (χ0) is 14.2. The highest BCUT2D eigenvalue weighted by Crippen LogP contribution is 1.99. The van der Waals surface area contributed by atoms with Crippen LogP contribution < -0.4 is 0 Å². The lowest BCUT2D eigenvalue weighted by atomic mass is 10.2. The summed E-state index contributed by atoms with van der Waals surface area (Å²) in [6.07, 6.45) is 21.0. The maximum atomic E-state index is 8.99. The van der Waals surface area contributed by atoms with Crippen LogP contribution in [0.2, 0.25) is 0 Å². The first kappa shape index (κ1) is 17.2. The van der Waals surface area contributed by atoms with E-state index in [1.54, 1.807) is 4.90 Å². The molecule has 0 aliphatic carbocycles. The minimum absolute atomic E-state index is 0.696. The van der Waals surface area contributed by atoms with E-state index in [1.807, 2.05) is 12.2 Å². The molecule has 0 aliphatic heterocycles. The van der Waals surface area contributed by atoms with Crippen LogP contribution in [0.25, 0.3) is 0 Å². The lowest BCUT2D eigenvalue weighted by Gasteiger charge is -2.09. The molecule has 0 aromatic heterocycles. The highest BCUT2D eigenvalue weighted by atomic mass is 15.1. The summed E-state index contributed by atoms with van der Waals surface area (Å²) in [5, 5.41) is 8.99. The van der Waals surface area contributed by atoms with Crippen LogP contribution in [0.5, 0.6) is 0 Å². The van der Waals surface area contributed by atoms with Crippen molar-refractivity contribution in [3.8, 4) is 6.19 Å². The third kappa shape index (κ3) is 12.5. The van der Waals surface area contributed by atoms with E-state index in [9.17, 15) is 0 Å². The van der Waals surface area contributed by atoms with Gasteiger partial charge in [-0.15, -0.1) is 13.2 Å². The van der Waals surface area contributed by atoms with Gasteiger partial charge in [0.1, 0.15) is 0 Å². The molecule has 0 unspecified atom stereocenters. The van der Waals surface area contributed by atoms with Crippen LogP contribution in [-0.4, -0.2) is 18.0 Å². The van der Waals surface area contributed by atoms with Crippen molar-refractivity contribution in [1.29, 1.82) is 5.26 Å². The number of rotatable bonds is 12. The van der Waals surface area contributed by atoms with Gasteiger partial charge in [-0.05, 0) is 38.5 Å². The highest BCUT2D eigenvalue weighted by molar-refractivity contribution is 4.94. The molecule has 0 bridgehead atoms. The molecule has 0 rings (SSSR count). The Bertz CT molecular complexity index is 295. The van der Waals surface area contributed by atoms with Gasteiger partial charge in [0.25, 0.3) is 0 Å². The average Bonchev–Trinajstić information content (AvgIpc) is 2.44. The monoisotopic (exact) mass is 258 g/mol. The van der Waals surface area contributed by atoms with Crippen LogP contribution in [0.4, 0.5) is 0 Å². The van der Waals surface area contributed by atoms with Crippen LogP contribution >= 0.6 is 0 Å². The van der Waals surface area contributed by atoms with Crippen molar-refractivity contribution in [1.82, 2.24) is 4.90 Å². The Morgan fingerprint density at radius 1 is 0.789 bits per heavy atom. The van der Waals surface area contributed by atoms with Gasteiger partial charge in [-0.25, -0.2) is 0 Å². The van der Waals surface area contributed by atoms with Gasteiger partial charge >= 0.3 is 0 Å². The number of allylic oxidation sites excluding steroid dienone is 4. The predicted octanol–water partition coefficient (Wildman–Crippen LogP) is 4.59. The standard InChI is InChI=1S/C17H26N2/c1-3-5-7-9-11-13-15-19(17-18)16-14-12-10-8-6-4-2/h3-4,11-14H,1-2,5-10,15-16H2. The van der Waals surface area contributed by atoms with Crippen molar-refractivity contribution in [2.45, 2.75) is 38.5 Å². The molecule has 0 aromatic rings. The molecule has 0 atom stereocenters. The van der Waals surface area contributed by atoms with Crippen LogP contribution in [0.3, 0.4) is 0 Å². The van der Waals surface area contributed by atoms with Crippen molar-refractivity contribution in [2.24, 2.45) is 0 Å². The first-order valence-corrected chi connectivity index (χ1v) is 7.01. The highest BCUT2D eigenvalue weighted by Gasteiger charge is 1.94. The molecular formula is C17H26N2. The quantitative estimate of drug-likeness (QED) is 0.221. The summed E-state index contributed by atoms with van der Waals surface area (Å²) in [5.41, 5.74) is 0. The van der Waals surface area contributed by atoms with E-state index in [0.29, 0.717) is 13.1 Å². The lowest BCUT2D eigenvalue weighted by Crippen LogP contribution is -2.17. The first-order valence-electron chi connectivity index (χ1n) is 7.01. The van der Waals surface area contributed by atoms with Crippen LogP contribution in [0.1, 0.15) is 38.5 Å². The van der Waals surface area contributed by atoms with Crippen LogP contribution in [-0.2, 0) is 0 Å². The van der Waals surface area contributed by atoms with Crippen molar-refractivity contribution in [3.63, 3.8) is 0 Å². The molecule has 0 fully saturated rings. The van der Waals surface area contributed by atoms with Gasteiger partial charge in [-0.1, -0.05) is 36.5 Å². The van der Waals surface area contributed by atoms with E-state index in [-0.39, 0.29) is 0 Å². The topological polar surface area (TPSA) is 27.0 Å². The molecule has 0 saturated heterocycles. The fourth-order valence-corrected chi connectivity index (χ4v) is 1.56. The maximum Gasteiger partial charge on any atom is 0.179 e. The third-order valence-electron chi connectivity index (χ3n) is 2.68. The first-order chi connectivity index (χ1) is 9.35. The molecule has 0 N–H and O–H groups in total. The molecule has 0 aromatic carbocycles. The predicted molar refractivity (Wildman–Crippen MR) is 83.6 cm³/mol. The Kier molecular flexibility index (Phi) is 13.0. The van der Waals surface area contributed by atoms with Gasteiger partial charge in [0.05, 0.1) is 0 Å². The molecule has 104 valence electrons. The van der Waals surface area contributed by atoms with E-state index < -0.39 is 0 Å². The number of nitrogens with zero attached hydrogens (tertiary/aromatic N) is 2. The van der Waals surface area contributed by atoms with E-state index in [4.69, 9.17) is 5.26 Å². The van der Waals surface area contributed by atoms with Gasteiger partial charge < -0.3 is 4.90 Å². The summed E-state index contributed by atoms with van der Waals surface area (Å²) >= 11 is 0. The van der Waals surface area contributed by atoms with Gasteiger partial charge in [0, 0.05) is 13.1 Å². The van der Waals surface area contributed by atoms with E-state index in [1.165, 1.54) is 0 Å². The fraction of sp³-hybridized carbons (Fsp3) is 0.471. The van der Waals surface area contributed by atoms with Gasteiger partial charge in [-0.3, -0.25) is 0 Å². The second-order valence-electron chi connectivity index (χ2n) is 4.39. The molecule has 0 aliphatic rings. The molecule has 2 nitrogen and oxygen atoms in total. The Balaban J connectivity index is 3.68. The van der Waals surface area contributed by atoms with Crippen molar-refractivity contribution in [3.05, 3.63) is 49.6 Å². The minimum atomic E-state index is 0.696. The summed E-state index contributed by atoms with van der Waals surface area (Å²) in [6.45, 7) is 8.78. The maximum absolute atomic E-state index is 8.99. The van der Waals surface area contributed by atoms with E-state index in [0.717, 1.165) is 38.5 Å². The summed E-state index contributed by atoms with van der Waals surface area (Å²) < 4.78 is 0. The van der Waals surface area contributed by atoms with E-state index in [2.05, 4.69) is 43.7 Å². The smallest absolute Gasteiger partial charge is 0.179 e. The molecule has 0 spiro atoms. The van der Waals surface area contributed by atoms with Crippen molar-refractivity contribution < 1.29 is 0 Å². The summed E-state index contributed by atoms with van der Waals surface area (Å²) in [7, 11) is 0. The molecule has 0 radical (unpaired) electrons. The normalized spacial score (nSPS) is 10.7. The SMILES string of the molecule is C=CCCCC=CCN(C#N)CC=CCCCC=C. The molecule has 0 heterocycles. The fourth-order valence-electron chi connectivity index (χ4n) is 1.56. The van der Waals surface area contributed by atoms with Crippen LogP contribution in [0, 0.1) is 11.5 Å².